The van der Waals surface area contributed by atoms with Crippen LogP contribution in [0.5, 0.6) is 5.75 Å². The van der Waals surface area contributed by atoms with Gasteiger partial charge in [-0.3, -0.25) is 14.4 Å². The van der Waals surface area contributed by atoms with Crippen LogP contribution >= 0.6 is 11.8 Å². The van der Waals surface area contributed by atoms with Crippen molar-refractivity contribution in [3.05, 3.63) is 36.9 Å². The highest BCUT2D eigenvalue weighted by Crippen LogP contribution is 2.71. The molecule has 190 valence electrons. The van der Waals surface area contributed by atoms with E-state index in [0.29, 0.717) is 24.3 Å². The molecule has 2 unspecified atom stereocenters. The van der Waals surface area contributed by atoms with E-state index in [1.54, 1.807) is 53.8 Å². The van der Waals surface area contributed by atoms with Gasteiger partial charge in [-0.25, -0.2) is 0 Å². The number of carbonyl (C=O) groups excluding carboxylic acids is 3. The Balaban J connectivity index is 1.77. The van der Waals surface area contributed by atoms with Gasteiger partial charge in [0, 0.05) is 30.1 Å². The summed E-state index contributed by atoms with van der Waals surface area (Å²) in [6, 6.07) is 6.45. The van der Waals surface area contributed by atoms with Gasteiger partial charge in [-0.2, -0.15) is 0 Å². The molecule has 0 radical (unpaired) electrons. The van der Waals surface area contributed by atoms with Crippen LogP contribution in [0.15, 0.2) is 36.9 Å². The highest BCUT2D eigenvalue weighted by molar-refractivity contribution is 8.02. The summed E-state index contributed by atoms with van der Waals surface area (Å²) in [7, 11) is 1.58. The summed E-state index contributed by atoms with van der Waals surface area (Å²) >= 11 is 1.61. The predicted molar refractivity (Wildman–Crippen MR) is 134 cm³/mol. The minimum atomic E-state index is -0.750. The number of aliphatic hydroxyl groups is 1. The molecule has 3 aliphatic heterocycles. The van der Waals surface area contributed by atoms with Crippen LogP contribution in [-0.4, -0.2) is 76.7 Å². The Morgan fingerprint density at radius 1 is 1.31 bits per heavy atom. The summed E-state index contributed by atoms with van der Waals surface area (Å²) in [6.07, 6.45) is 3.41. The molecule has 3 fully saturated rings. The van der Waals surface area contributed by atoms with Gasteiger partial charge in [0.2, 0.25) is 5.91 Å². The number of fused-ring (bicyclic) bond motifs is 1. The number of likely N-dealkylation sites (tertiary alicyclic amines) is 1. The van der Waals surface area contributed by atoms with Crippen LogP contribution in [0, 0.1) is 11.8 Å². The van der Waals surface area contributed by atoms with Gasteiger partial charge >= 0.3 is 5.97 Å². The summed E-state index contributed by atoms with van der Waals surface area (Å²) in [4.78, 5) is 44.5. The maximum absolute atomic E-state index is 14.3. The van der Waals surface area contributed by atoms with E-state index in [1.165, 1.54) is 0 Å². The highest BCUT2D eigenvalue weighted by atomic mass is 32.2. The summed E-state index contributed by atoms with van der Waals surface area (Å²) in [5.41, 5.74) is 0.677. The summed E-state index contributed by atoms with van der Waals surface area (Å²) in [5, 5.41) is 9.50. The van der Waals surface area contributed by atoms with Gasteiger partial charge in [0.05, 0.1) is 30.3 Å². The minimum absolute atomic E-state index is 0.0939. The zero-order valence-corrected chi connectivity index (χ0v) is 21.4. The Morgan fingerprint density at radius 2 is 2.03 bits per heavy atom. The normalized spacial score (nSPS) is 30.8. The average Bonchev–Trinajstić information content (AvgIpc) is 3.41. The van der Waals surface area contributed by atoms with E-state index in [1.807, 2.05) is 19.1 Å². The van der Waals surface area contributed by atoms with E-state index in [4.69, 9.17) is 9.47 Å². The van der Waals surface area contributed by atoms with E-state index in [9.17, 15) is 19.5 Å². The van der Waals surface area contributed by atoms with Crippen LogP contribution < -0.4 is 9.64 Å². The summed E-state index contributed by atoms with van der Waals surface area (Å²) in [6.45, 7) is 8.28. The molecular formula is C26H34N2O6S. The number of ether oxygens (including phenoxy) is 2. The van der Waals surface area contributed by atoms with Crippen molar-refractivity contribution in [3.63, 3.8) is 0 Å². The van der Waals surface area contributed by atoms with Crippen LogP contribution in [0.1, 0.15) is 33.1 Å². The Kier molecular flexibility index (Phi) is 7.20. The molecule has 0 aromatic heterocycles. The topological polar surface area (TPSA) is 96.4 Å². The number of aliphatic hydroxyl groups excluding tert-OH is 1. The van der Waals surface area contributed by atoms with E-state index in [2.05, 4.69) is 6.58 Å². The first-order valence-electron chi connectivity index (χ1n) is 12.1. The second-order valence-electron chi connectivity index (χ2n) is 9.52. The fourth-order valence-electron chi connectivity index (χ4n) is 6.14. The van der Waals surface area contributed by atoms with Gasteiger partial charge in [0.25, 0.3) is 5.91 Å². The number of hydrogen-bond acceptors (Lipinski definition) is 7. The Morgan fingerprint density at radius 3 is 2.63 bits per heavy atom. The molecule has 2 bridgehead atoms. The minimum Gasteiger partial charge on any atom is -0.497 e. The Hall–Kier alpha value is -2.52. The molecule has 3 heterocycles. The number of nitrogens with zero attached hydrogens (tertiary/aromatic N) is 2. The van der Waals surface area contributed by atoms with Gasteiger partial charge in [-0.05, 0) is 57.4 Å². The summed E-state index contributed by atoms with van der Waals surface area (Å²) in [5.74, 6) is -1.31. The molecule has 0 saturated carbocycles. The lowest BCUT2D eigenvalue weighted by Gasteiger charge is -2.37. The first-order valence-corrected chi connectivity index (χ1v) is 12.9. The summed E-state index contributed by atoms with van der Waals surface area (Å²) < 4.78 is 9.48. The number of rotatable bonds is 10. The lowest BCUT2D eigenvalue weighted by Crippen LogP contribution is -2.55. The molecule has 35 heavy (non-hydrogen) atoms. The average molecular weight is 503 g/mol. The number of anilines is 1. The Labute approximate surface area is 210 Å². The van der Waals surface area contributed by atoms with E-state index < -0.39 is 27.4 Å². The highest BCUT2D eigenvalue weighted by Gasteiger charge is 2.77. The second-order valence-corrected chi connectivity index (χ2v) is 11.4. The van der Waals surface area contributed by atoms with Gasteiger partial charge in [-0.15, -0.1) is 18.3 Å². The van der Waals surface area contributed by atoms with Crippen molar-refractivity contribution in [2.24, 2.45) is 11.8 Å². The Bertz CT molecular complexity index is 1000. The molecule has 5 atom stereocenters. The third kappa shape index (κ3) is 4.02. The zero-order chi connectivity index (χ0) is 25.4. The van der Waals surface area contributed by atoms with E-state index >= 15 is 0 Å². The quantitative estimate of drug-likeness (QED) is 0.388. The molecule has 1 aromatic rings. The lowest BCUT2D eigenvalue weighted by atomic mass is 9.66. The molecule has 1 aromatic carbocycles. The molecule has 2 amide bonds. The van der Waals surface area contributed by atoms with E-state index in [0.717, 1.165) is 6.42 Å². The fraction of sp³-hybridized carbons (Fsp3) is 0.577. The first kappa shape index (κ1) is 25.6. The molecule has 0 aliphatic carbocycles. The van der Waals surface area contributed by atoms with Crippen molar-refractivity contribution in [1.82, 2.24) is 4.90 Å². The van der Waals surface area contributed by atoms with Gasteiger partial charge in [-0.1, -0.05) is 6.08 Å². The molecule has 1 N–H and O–H groups in total. The zero-order valence-electron chi connectivity index (χ0n) is 20.6. The van der Waals surface area contributed by atoms with Crippen molar-refractivity contribution in [2.45, 2.75) is 48.6 Å². The third-order valence-electron chi connectivity index (χ3n) is 7.57. The lowest BCUT2D eigenvalue weighted by molar-refractivity contribution is -0.155. The number of carbonyl (C=O) groups is 3. The van der Waals surface area contributed by atoms with E-state index in [-0.39, 0.29) is 44.1 Å². The number of amides is 2. The number of benzene rings is 1. The fourth-order valence-corrected chi connectivity index (χ4v) is 8.48. The standard InChI is InChI=1S/C26H34N2O6S/c1-5-14-27(17-8-10-18(33-4)11-9-17)23(31)21-26-13-12-25(3,35-26)20(24(32)34-6-2)19(26)22(30)28(21)15-7-16-29/h5,8-11,19-21,29H,1,6-7,12-16H2,2-4H3/t19-,20+,21?,25-,26?/m0/s1. The number of hydrogen-bond donors (Lipinski definition) is 1. The number of methoxy groups -OCH3 is 1. The molecule has 3 aliphatic rings. The SMILES string of the molecule is C=CCN(C(=O)C1N(CCCO)C(=O)[C@@H]2[C@H](C(=O)OCC)[C@]3(C)CCC12S3)c1ccc(OC)cc1. The number of esters is 1. The first-order chi connectivity index (χ1) is 16.8. The molecule has 3 saturated heterocycles. The molecule has 4 rings (SSSR count). The molecule has 8 nitrogen and oxygen atoms in total. The third-order valence-corrected chi connectivity index (χ3v) is 9.56. The van der Waals surface area contributed by atoms with Crippen molar-refractivity contribution in [3.8, 4) is 5.75 Å². The molecule has 9 heteroatoms. The maximum atomic E-state index is 14.3. The maximum Gasteiger partial charge on any atom is 0.311 e. The van der Waals surface area contributed by atoms with Crippen molar-refractivity contribution < 1.29 is 29.0 Å². The van der Waals surface area contributed by atoms with Gasteiger partial charge < -0.3 is 24.4 Å². The van der Waals surface area contributed by atoms with Crippen LogP contribution in [0.3, 0.4) is 0 Å². The second kappa shape index (κ2) is 9.85. The van der Waals surface area contributed by atoms with Crippen LogP contribution in [0.4, 0.5) is 5.69 Å². The van der Waals surface area contributed by atoms with Gasteiger partial charge in [0.1, 0.15) is 11.8 Å². The molecular weight excluding hydrogens is 468 g/mol. The van der Waals surface area contributed by atoms with Crippen LogP contribution in [0.25, 0.3) is 0 Å². The van der Waals surface area contributed by atoms with Crippen molar-refractivity contribution in [2.75, 3.05) is 38.3 Å². The van der Waals surface area contributed by atoms with Crippen LogP contribution in [-0.2, 0) is 19.1 Å². The predicted octanol–water partition coefficient (Wildman–Crippen LogP) is 2.64. The monoisotopic (exact) mass is 502 g/mol. The van der Waals surface area contributed by atoms with Crippen LogP contribution in [0.2, 0.25) is 0 Å². The van der Waals surface area contributed by atoms with Crippen molar-refractivity contribution >= 4 is 35.2 Å². The largest absolute Gasteiger partial charge is 0.497 e. The van der Waals surface area contributed by atoms with Crippen molar-refractivity contribution in [1.29, 1.82) is 0 Å². The smallest absolute Gasteiger partial charge is 0.311 e. The number of thioether (sulfide) groups is 1. The van der Waals surface area contributed by atoms with Gasteiger partial charge in [0.15, 0.2) is 0 Å². The molecule has 1 spiro atoms.